The molecule has 1 N–H and O–H groups in total. The number of anilines is 1. The van der Waals surface area contributed by atoms with Crippen LogP contribution in [0.3, 0.4) is 0 Å². The van der Waals surface area contributed by atoms with E-state index in [-0.39, 0.29) is 0 Å². The highest BCUT2D eigenvalue weighted by Crippen LogP contribution is 2.14. The van der Waals surface area contributed by atoms with Crippen LogP contribution in [0.15, 0.2) is 41.5 Å². The van der Waals surface area contributed by atoms with Crippen molar-refractivity contribution >= 4 is 22.4 Å². The summed E-state index contributed by atoms with van der Waals surface area (Å²) in [6, 6.07) is 12.1. The van der Waals surface area contributed by atoms with E-state index in [1.807, 2.05) is 31.2 Å². The minimum Gasteiger partial charge on any atom is -0.261 e. The minimum absolute atomic E-state index is 0.625. The van der Waals surface area contributed by atoms with Gasteiger partial charge in [0.2, 0.25) is 0 Å². The molecule has 0 amide bonds. The molecule has 0 saturated carbocycles. The van der Waals surface area contributed by atoms with Crippen molar-refractivity contribution in [2.45, 2.75) is 27.2 Å². The predicted octanol–water partition coefficient (Wildman–Crippen LogP) is 4.07. The van der Waals surface area contributed by atoms with Crippen LogP contribution in [0.4, 0.5) is 5.82 Å². The summed E-state index contributed by atoms with van der Waals surface area (Å²) in [7, 11) is 0. The standard InChI is InChI=1S/C15H19N3/c1-11(2)10-12(3)17-18-15-9-8-13-6-4-5-7-14(13)16-15/h4-9,11H,10H2,1-3H3,(H,16,18)/b17-12+. The molecule has 0 radical (unpaired) electrons. The Balaban J connectivity index is 2.12. The molecule has 1 aromatic carbocycles. The number of hydrogen-bond acceptors (Lipinski definition) is 3. The summed E-state index contributed by atoms with van der Waals surface area (Å²) in [4.78, 5) is 4.51. The van der Waals surface area contributed by atoms with E-state index in [2.05, 4.69) is 41.5 Å². The van der Waals surface area contributed by atoms with Gasteiger partial charge in [0, 0.05) is 11.1 Å². The summed E-state index contributed by atoms with van der Waals surface area (Å²) in [5.74, 6) is 1.41. The third-order valence-electron chi connectivity index (χ3n) is 2.66. The van der Waals surface area contributed by atoms with Crippen molar-refractivity contribution in [3.05, 3.63) is 36.4 Å². The van der Waals surface area contributed by atoms with Crippen molar-refractivity contribution in [2.24, 2.45) is 11.0 Å². The summed E-state index contributed by atoms with van der Waals surface area (Å²) in [6.45, 7) is 6.41. The van der Waals surface area contributed by atoms with Gasteiger partial charge in [0.15, 0.2) is 0 Å². The molecular formula is C15H19N3. The van der Waals surface area contributed by atoms with Gasteiger partial charge in [-0.25, -0.2) is 4.98 Å². The molecule has 2 aromatic rings. The normalized spacial score (nSPS) is 12.1. The molecule has 0 bridgehead atoms. The maximum Gasteiger partial charge on any atom is 0.146 e. The molecule has 0 unspecified atom stereocenters. The second-order valence-electron chi connectivity index (χ2n) is 4.95. The summed E-state index contributed by atoms with van der Waals surface area (Å²) < 4.78 is 0. The van der Waals surface area contributed by atoms with Gasteiger partial charge in [-0.1, -0.05) is 32.0 Å². The lowest BCUT2D eigenvalue weighted by molar-refractivity contribution is 0.681. The van der Waals surface area contributed by atoms with Crippen LogP contribution < -0.4 is 5.43 Å². The molecule has 0 saturated heterocycles. The first-order valence-corrected chi connectivity index (χ1v) is 6.30. The van der Waals surface area contributed by atoms with Crippen molar-refractivity contribution < 1.29 is 0 Å². The first-order valence-electron chi connectivity index (χ1n) is 6.30. The van der Waals surface area contributed by atoms with E-state index in [9.17, 15) is 0 Å². The quantitative estimate of drug-likeness (QED) is 0.647. The van der Waals surface area contributed by atoms with Crippen molar-refractivity contribution in [2.75, 3.05) is 5.43 Å². The van der Waals surface area contributed by atoms with Gasteiger partial charge in [-0.05, 0) is 37.5 Å². The van der Waals surface area contributed by atoms with Crippen LogP contribution in [0.1, 0.15) is 27.2 Å². The van der Waals surface area contributed by atoms with E-state index in [1.54, 1.807) is 0 Å². The van der Waals surface area contributed by atoms with Gasteiger partial charge in [-0.2, -0.15) is 5.10 Å². The number of benzene rings is 1. The SMILES string of the molecule is C/C(CC(C)C)=N\Nc1ccc2ccccc2n1. The van der Waals surface area contributed by atoms with E-state index >= 15 is 0 Å². The topological polar surface area (TPSA) is 37.3 Å². The molecule has 94 valence electrons. The highest BCUT2D eigenvalue weighted by atomic mass is 15.3. The van der Waals surface area contributed by atoms with Gasteiger partial charge >= 0.3 is 0 Å². The zero-order chi connectivity index (χ0) is 13.0. The van der Waals surface area contributed by atoms with Crippen LogP contribution in [0, 0.1) is 5.92 Å². The third kappa shape index (κ3) is 3.29. The van der Waals surface area contributed by atoms with Gasteiger partial charge in [0.05, 0.1) is 5.52 Å². The number of nitrogens with zero attached hydrogens (tertiary/aromatic N) is 2. The molecule has 18 heavy (non-hydrogen) atoms. The summed E-state index contributed by atoms with van der Waals surface area (Å²) in [6.07, 6.45) is 1.00. The van der Waals surface area contributed by atoms with Crippen molar-refractivity contribution in [1.29, 1.82) is 0 Å². The maximum absolute atomic E-state index is 4.51. The zero-order valence-corrected chi connectivity index (χ0v) is 11.1. The fourth-order valence-corrected chi connectivity index (χ4v) is 1.92. The van der Waals surface area contributed by atoms with Gasteiger partial charge in [0.25, 0.3) is 0 Å². The monoisotopic (exact) mass is 241 g/mol. The number of pyridine rings is 1. The summed E-state index contributed by atoms with van der Waals surface area (Å²) in [5, 5.41) is 5.49. The van der Waals surface area contributed by atoms with E-state index in [0.717, 1.165) is 28.9 Å². The molecule has 0 aliphatic rings. The Kier molecular flexibility index (Phi) is 3.92. The first-order chi connectivity index (χ1) is 8.65. The Morgan fingerprint density at radius 1 is 1.22 bits per heavy atom. The van der Waals surface area contributed by atoms with Crippen LogP contribution in [-0.4, -0.2) is 10.7 Å². The number of hydrogen-bond donors (Lipinski definition) is 1. The second-order valence-corrected chi connectivity index (χ2v) is 4.95. The van der Waals surface area contributed by atoms with Gasteiger partial charge in [-0.15, -0.1) is 0 Å². The van der Waals surface area contributed by atoms with Crippen LogP contribution in [0.25, 0.3) is 10.9 Å². The van der Waals surface area contributed by atoms with Gasteiger partial charge in [0.1, 0.15) is 5.82 Å². The molecule has 0 atom stereocenters. The number of aromatic nitrogens is 1. The van der Waals surface area contributed by atoms with E-state index in [4.69, 9.17) is 0 Å². The van der Waals surface area contributed by atoms with E-state index in [1.165, 1.54) is 0 Å². The van der Waals surface area contributed by atoms with Crippen molar-refractivity contribution in [3.8, 4) is 0 Å². The van der Waals surface area contributed by atoms with Crippen molar-refractivity contribution in [1.82, 2.24) is 4.98 Å². The molecule has 3 nitrogen and oxygen atoms in total. The van der Waals surface area contributed by atoms with E-state index < -0.39 is 0 Å². The number of hydrazone groups is 1. The molecule has 0 aliphatic heterocycles. The molecule has 1 heterocycles. The number of rotatable bonds is 4. The second kappa shape index (κ2) is 5.63. The Morgan fingerprint density at radius 3 is 2.78 bits per heavy atom. The number of nitrogens with one attached hydrogen (secondary N) is 1. The minimum atomic E-state index is 0.625. The van der Waals surface area contributed by atoms with Crippen LogP contribution in [0.5, 0.6) is 0 Å². The summed E-state index contributed by atoms with van der Waals surface area (Å²) in [5.41, 5.74) is 5.10. The van der Waals surface area contributed by atoms with Gasteiger partial charge in [-0.3, -0.25) is 5.43 Å². The van der Waals surface area contributed by atoms with E-state index in [0.29, 0.717) is 5.92 Å². The first kappa shape index (κ1) is 12.6. The molecule has 3 heteroatoms. The Morgan fingerprint density at radius 2 is 2.00 bits per heavy atom. The highest BCUT2D eigenvalue weighted by molar-refractivity contribution is 5.83. The average Bonchev–Trinajstić information content (AvgIpc) is 2.35. The summed E-state index contributed by atoms with van der Waals surface area (Å²) >= 11 is 0. The molecule has 2 rings (SSSR count). The van der Waals surface area contributed by atoms with Gasteiger partial charge < -0.3 is 0 Å². The lowest BCUT2D eigenvalue weighted by Crippen LogP contribution is -2.02. The number of fused-ring (bicyclic) bond motifs is 1. The van der Waals surface area contributed by atoms with Crippen LogP contribution >= 0.6 is 0 Å². The third-order valence-corrected chi connectivity index (χ3v) is 2.66. The molecule has 0 aliphatic carbocycles. The lowest BCUT2D eigenvalue weighted by Gasteiger charge is -2.05. The smallest absolute Gasteiger partial charge is 0.146 e. The molecule has 0 fully saturated rings. The fourth-order valence-electron chi connectivity index (χ4n) is 1.92. The largest absolute Gasteiger partial charge is 0.261 e. The zero-order valence-electron chi connectivity index (χ0n) is 11.1. The lowest BCUT2D eigenvalue weighted by atomic mass is 10.1. The fraction of sp³-hybridized carbons (Fsp3) is 0.333. The molecular weight excluding hydrogens is 222 g/mol. The highest BCUT2D eigenvalue weighted by Gasteiger charge is 1.99. The maximum atomic E-state index is 4.51. The van der Waals surface area contributed by atoms with Crippen molar-refractivity contribution in [3.63, 3.8) is 0 Å². The Bertz CT molecular complexity index is 558. The number of para-hydroxylation sites is 1. The Hall–Kier alpha value is -1.90. The predicted molar refractivity (Wildman–Crippen MR) is 77.9 cm³/mol. The average molecular weight is 241 g/mol. The van der Waals surface area contributed by atoms with Crippen LogP contribution in [0.2, 0.25) is 0 Å². The molecule has 0 spiro atoms. The molecule has 1 aromatic heterocycles. The van der Waals surface area contributed by atoms with Crippen LogP contribution in [-0.2, 0) is 0 Å². The Labute approximate surface area is 108 Å².